The number of imide groups is 1. The van der Waals surface area contributed by atoms with Crippen LogP contribution >= 0.6 is 0 Å². The van der Waals surface area contributed by atoms with Crippen molar-refractivity contribution in [2.45, 2.75) is 45.6 Å². The Morgan fingerprint density at radius 2 is 2.04 bits per heavy atom. The van der Waals surface area contributed by atoms with Crippen LogP contribution < -0.4 is 0 Å². The van der Waals surface area contributed by atoms with Crippen LogP contribution in [0.3, 0.4) is 0 Å². The van der Waals surface area contributed by atoms with Gasteiger partial charge in [-0.3, -0.25) is 14.5 Å². The number of hydrogen-bond donors (Lipinski definition) is 0. The van der Waals surface area contributed by atoms with Gasteiger partial charge in [0.25, 0.3) is 0 Å². The van der Waals surface area contributed by atoms with Crippen LogP contribution in [-0.4, -0.2) is 65.3 Å². The van der Waals surface area contributed by atoms with E-state index in [2.05, 4.69) is 26.0 Å². The summed E-state index contributed by atoms with van der Waals surface area (Å²) in [4.78, 5) is 41.0. The first-order chi connectivity index (χ1) is 11.9. The molecule has 2 fully saturated rings. The lowest BCUT2D eigenvalue weighted by Gasteiger charge is -2.32. The van der Waals surface area contributed by atoms with Gasteiger partial charge in [-0.05, 0) is 50.9 Å². The number of allylic oxidation sites excluding steroid dienone is 2. The second kappa shape index (κ2) is 7.18. The normalized spacial score (nSPS) is 27.9. The molecule has 3 aliphatic rings. The fourth-order valence-electron chi connectivity index (χ4n) is 4.38. The molecule has 0 radical (unpaired) electrons. The van der Waals surface area contributed by atoms with Gasteiger partial charge in [0, 0.05) is 32.6 Å². The minimum absolute atomic E-state index is 0.134. The summed E-state index contributed by atoms with van der Waals surface area (Å²) in [5.74, 6) is 1.89. The van der Waals surface area contributed by atoms with E-state index >= 15 is 0 Å². The van der Waals surface area contributed by atoms with Crippen LogP contribution in [0.25, 0.3) is 0 Å². The zero-order chi connectivity index (χ0) is 18.1. The summed E-state index contributed by atoms with van der Waals surface area (Å²) < 4.78 is 0. The Hall–Kier alpha value is -1.85. The van der Waals surface area contributed by atoms with Gasteiger partial charge in [-0.25, -0.2) is 4.79 Å². The topological polar surface area (TPSA) is 60.9 Å². The van der Waals surface area contributed by atoms with Crippen molar-refractivity contribution in [2.75, 3.05) is 26.7 Å². The molecule has 3 rings (SSSR count). The molecular formula is C19H29N3O3. The molecule has 1 saturated carbocycles. The maximum absolute atomic E-state index is 12.7. The van der Waals surface area contributed by atoms with Crippen molar-refractivity contribution in [3.63, 3.8) is 0 Å². The van der Waals surface area contributed by atoms with Gasteiger partial charge in [-0.2, -0.15) is 0 Å². The number of carbonyl (C=O) groups is 3. The maximum Gasteiger partial charge on any atom is 0.326 e. The van der Waals surface area contributed by atoms with Crippen molar-refractivity contribution >= 4 is 17.8 Å². The molecule has 0 aromatic rings. The molecule has 3 atom stereocenters. The molecule has 138 valence electrons. The first-order valence-corrected chi connectivity index (χ1v) is 9.40. The van der Waals surface area contributed by atoms with Crippen molar-refractivity contribution < 1.29 is 14.4 Å². The van der Waals surface area contributed by atoms with Crippen LogP contribution in [0.4, 0.5) is 4.79 Å². The largest absolute Gasteiger partial charge is 0.340 e. The van der Waals surface area contributed by atoms with Crippen molar-refractivity contribution in [2.24, 2.45) is 17.8 Å². The van der Waals surface area contributed by atoms with Gasteiger partial charge in [0.1, 0.15) is 6.54 Å². The van der Waals surface area contributed by atoms with E-state index in [1.807, 2.05) is 4.90 Å². The van der Waals surface area contributed by atoms with Gasteiger partial charge in [0.2, 0.25) is 11.8 Å². The van der Waals surface area contributed by atoms with Crippen LogP contribution in [0.15, 0.2) is 12.2 Å². The van der Waals surface area contributed by atoms with Crippen molar-refractivity contribution in [1.29, 1.82) is 0 Å². The molecule has 6 heteroatoms. The highest BCUT2D eigenvalue weighted by atomic mass is 16.2. The Morgan fingerprint density at radius 3 is 2.56 bits per heavy atom. The third-order valence-electron chi connectivity index (χ3n) is 5.79. The molecule has 2 aliphatic carbocycles. The smallest absolute Gasteiger partial charge is 0.326 e. The van der Waals surface area contributed by atoms with Gasteiger partial charge in [-0.1, -0.05) is 12.2 Å². The zero-order valence-corrected chi connectivity index (χ0v) is 15.5. The first kappa shape index (κ1) is 18.0. The number of hydrogen-bond acceptors (Lipinski definition) is 3. The molecule has 0 unspecified atom stereocenters. The van der Waals surface area contributed by atoms with E-state index in [1.165, 1.54) is 22.6 Å². The number of likely N-dealkylation sites (N-methyl/N-ethyl adjacent to an activating group) is 1. The van der Waals surface area contributed by atoms with E-state index in [4.69, 9.17) is 0 Å². The second-order valence-electron chi connectivity index (χ2n) is 7.97. The minimum Gasteiger partial charge on any atom is -0.340 e. The van der Waals surface area contributed by atoms with E-state index in [0.29, 0.717) is 37.1 Å². The number of fused-ring (bicyclic) bond motifs is 2. The summed E-state index contributed by atoms with van der Waals surface area (Å²) in [6.07, 6.45) is 8.00. The molecule has 1 heterocycles. The fraction of sp³-hybridized carbons (Fsp3) is 0.737. The molecule has 0 N–H and O–H groups in total. The molecule has 25 heavy (non-hydrogen) atoms. The van der Waals surface area contributed by atoms with Crippen molar-refractivity contribution in [3.8, 4) is 0 Å². The summed E-state index contributed by atoms with van der Waals surface area (Å²) in [6, 6.07) is -0.0799. The van der Waals surface area contributed by atoms with E-state index in [1.54, 1.807) is 7.05 Å². The number of nitrogens with zero attached hydrogens (tertiary/aromatic N) is 3. The van der Waals surface area contributed by atoms with Gasteiger partial charge in [0.05, 0.1) is 0 Å². The average molecular weight is 347 g/mol. The summed E-state index contributed by atoms with van der Waals surface area (Å²) in [6.45, 7) is 5.42. The molecule has 2 bridgehead atoms. The third kappa shape index (κ3) is 3.72. The second-order valence-corrected chi connectivity index (χ2v) is 7.97. The van der Waals surface area contributed by atoms with E-state index in [-0.39, 0.29) is 30.4 Å². The Bertz CT molecular complexity index is 586. The van der Waals surface area contributed by atoms with E-state index < -0.39 is 0 Å². The van der Waals surface area contributed by atoms with Gasteiger partial charge in [0.15, 0.2) is 0 Å². The zero-order valence-electron chi connectivity index (χ0n) is 15.5. The van der Waals surface area contributed by atoms with Crippen LogP contribution in [0, 0.1) is 17.8 Å². The summed E-state index contributed by atoms with van der Waals surface area (Å²) in [5, 5.41) is 0. The summed E-state index contributed by atoms with van der Waals surface area (Å²) in [5.41, 5.74) is 0. The van der Waals surface area contributed by atoms with Crippen LogP contribution in [0.1, 0.15) is 39.5 Å². The molecular weight excluding hydrogens is 318 g/mol. The lowest BCUT2D eigenvalue weighted by atomic mass is 9.92. The summed E-state index contributed by atoms with van der Waals surface area (Å²) >= 11 is 0. The van der Waals surface area contributed by atoms with Gasteiger partial charge < -0.3 is 9.80 Å². The molecule has 1 saturated heterocycles. The highest BCUT2D eigenvalue weighted by molar-refractivity contribution is 6.01. The minimum atomic E-state index is -0.257. The molecule has 0 aromatic heterocycles. The molecule has 0 spiro atoms. The van der Waals surface area contributed by atoms with E-state index in [0.717, 1.165) is 6.54 Å². The van der Waals surface area contributed by atoms with E-state index in [9.17, 15) is 14.4 Å². The quantitative estimate of drug-likeness (QED) is 0.523. The average Bonchev–Trinajstić information content (AvgIpc) is 3.23. The Kier molecular flexibility index (Phi) is 5.16. The highest BCUT2D eigenvalue weighted by Crippen LogP contribution is 2.43. The maximum atomic E-state index is 12.7. The number of rotatable bonds is 7. The number of urea groups is 1. The molecule has 4 amide bonds. The lowest BCUT2D eigenvalue weighted by molar-refractivity contribution is -0.134. The van der Waals surface area contributed by atoms with Gasteiger partial charge >= 0.3 is 6.03 Å². The number of amides is 4. The standard InChI is InChI=1S/C19H29N3O3/c1-13(2)22(11-16-10-14-6-7-15(16)9-14)17(23)5-4-8-21-18(24)12-20(3)19(21)25/h6-7,13-16H,4-5,8-12H2,1-3H3/t14-,15-,16-/m0/s1. The van der Waals surface area contributed by atoms with Crippen molar-refractivity contribution in [1.82, 2.24) is 14.7 Å². The Balaban J connectivity index is 1.49. The van der Waals surface area contributed by atoms with Crippen LogP contribution in [0.5, 0.6) is 0 Å². The molecule has 6 nitrogen and oxygen atoms in total. The summed E-state index contributed by atoms with van der Waals surface area (Å²) in [7, 11) is 1.62. The van der Waals surface area contributed by atoms with Crippen molar-refractivity contribution in [3.05, 3.63) is 12.2 Å². The Labute approximate surface area is 149 Å². The Morgan fingerprint density at radius 1 is 1.28 bits per heavy atom. The molecule has 0 aromatic carbocycles. The van der Waals surface area contributed by atoms with Gasteiger partial charge in [-0.15, -0.1) is 0 Å². The monoisotopic (exact) mass is 347 g/mol. The number of carbonyl (C=O) groups excluding carboxylic acids is 3. The third-order valence-corrected chi connectivity index (χ3v) is 5.79. The SMILES string of the molecule is CC(C)N(C[C@@H]1C[C@H]2C=C[C@H]1C2)C(=O)CCCN1C(=O)CN(C)C1=O. The van der Waals surface area contributed by atoms with Crippen LogP contribution in [0.2, 0.25) is 0 Å². The predicted octanol–water partition coefficient (Wildman–Crippen LogP) is 2.11. The predicted molar refractivity (Wildman–Crippen MR) is 94.7 cm³/mol. The first-order valence-electron chi connectivity index (χ1n) is 9.40. The lowest BCUT2D eigenvalue weighted by Crippen LogP contribution is -2.41. The highest BCUT2D eigenvalue weighted by Gasteiger charge is 2.37. The molecule has 1 aliphatic heterocycles. The fourth-order valence-corrected chi connectivity index (χ4v) is 4.38. The van der Waals surface area contributed by atoms with Crippen LogP contribution in [-0.2, 0) is 9.59 Å².